The summed E-state index contributed by atoms with van der Waals surface area (Å²) >= 11 is 0. The molecule has 4 rings (SSSR count). The van der Waals surface area contributed by atoms with Crippen molar-refractivity contribution in [2.75, 3.05) is 44.5 Å². The largest absolute Gasteiger partial charge is 0.491 e. The maximum absolute atomic E-state index is 11.9. The van der Waals surface area contributed by atoms with Gasteiger partial charge in [-0.25, -0.2) is 4.98 Å². The van der Waals surface area contributed by atoms with Crippen molar-refractivity contribution in [2.24, 2.45) is 0 Å². The zero-order valence-electron chi connectivity index (χ0n) is 17.3. The zero-order valence-corrected chi connectivity index (χ0v) is 17.3. The second-order valence-corrected chi connectivity index (χ2v) is 7.18. The Morgan fingerprint density at radius 2 is 2.13 bits per heavy atom. The summed E-state index contributed by atoms with van der Waals surface area (Å²) in [5.41, 5.74) is 8.11. The molecule has 10 nitrogen and oxygen atoms in total. The fraction of sp³-hybridized carbons (Fsp3) is 0.333. The first-order chi connectivity index (χ1) is 15.1. The summed E-state index contributed by atoms with van der Waals surface area (Å²) in [5.74, 6) is 1.34. The number of nitrogens with one attached hydrogen (secondary N) is 1. The second-order valence-electron chi connectivity index (χ2n) is 7.18. The van der Waals surface area contributed by atoms with Crippen LogP contribution in [0.2, 0.25) is 0 Å². The molecule has 0 spiro atoms. The average molecular weight is 423 g/mol. The Kier molecular flexibility index (Phi) is 5.99. The van der Waals surface area contributed by atoms with Crippen molar-refractivity contribution in [1.29, 1.82) is 0 Å². The fourth-order valence-corrected chi connectivity index (χ4v) is 3.57. The summed E-state index contributed by atoms with van der Waals surface area (Å²) in [5, 5.41) is 3.17. The standard InChI is InChI=1S/C21H25N7O3/c1-3-17(29)27-9-8-15(12-27)28-13-23-18-19(22)25-21(26-20(18)28)24-14-4-6-16(7-5-14)31-11-10-30-2/h3-7,13,15H,1,8-12H2,2H3,(H3,22,24,25,26). The Balaban J connectivity index is 1.53. The number of hydrogen-bond donors (Lipinski definition) is 2. The average Bonchev–Trinajstić information content (AvgIpc) is 3.42. The van der Waals surface area contributed by atoms with Crippen LogP contribution in [0.4, 0.5) is 17.5 Å². The van der Waals surface area contributed by atoms with Crippen molar-refractivity contribution < 1.29 is 14.3 Å². The molecule has 3 heterocycles. The Morgan fingerprint density at radius 1 is 1.32 bits per heavy atom. The van der Waals surface area contributed by atoms with Crippen LogP contribution in [0.3, 0.4) is 0 Å². The molecular weight excluding hydrogens is 398 g/mol. The molecule has 1 fully saturated rings. The molecule has 31 heavy (non-hydrogen) atoms. The highest BCUT2D eigenvalue weighted by Gasteiger charge is 2.28. The number of anilines is 3. The van der Waals surface area contributed by atoms with Crippen LogP contribution in [0, 0.1) is 0 Å². The van der Waals surface area contributed by atoms with Crippen LogP contribution in [0.1, 0.15) is 12.5 Å². The predicted molar refractivity (Wildman–Crippen MR) is 117 cm³/mol. The molecule has 1 aromatic carbocycles. The van der Waals surface area contributed by atoms with Gasteiger partial charge in [0.1, 0.15) is 17.9 Å². The van der Waals surface area contributed by atoms with E-state index in [1.165, 1.54) is 6.08 Å². The third-order valence-corrected chi connectivity index (χ3v) is 5.16. The van der Waals surface area contributed by atoms with Gasteiger partial charge in [0, 0.05) is 25.9 Å². The Labute approximate surface area is 179 Å². The minimum atomic E-state index is -0.0712. The predicted octanol–water partition coefficient (Wildman–Crippen LogP) is 2.14. The van der Waals surface area contributed by atoms with Crippen LogP contribution in [0.15, 0.2) is 43.2 Å². The molecule has 2 aromatic heterocycles. The number of nitrogens with zero attached hydrogens (tertiary/aromatic N) is 5. The first-order valence-corrected chi connectivity index (χ1v) is 9.99. The van der Waals surface area contributed by atoms with E-state index < -0.39 is 0 Å². The maximum Gasteiger partial charge on any atom is 0.246 e. The van der Waals surface area contributed by atoms with Gasteiger partial charge in [-0.1, -0.05) is 6.58 Å². The lowest BCUT2D eigenvalue weighted by Gasteiger charge is -2.15. The van der Waals surface area contributed by atoms with Crippen LogP contribution in [-0.4, -0.2) is 63.7 Å². The lowest BCUT2D eigenvalue weighted by atomic mass is 10.2. The van der Waals surface area contributed by atoms with Gasteiger partial charge in [0.05, 0.1) is 19.0 Å². The van der Waals surface area contributed by atoms with E-state index in [0.29, 0.717) is 49.2 Å². The highest BCUT2D eigenvalue weighted by molar-refractivity contribution is 5.87. The number of likely N-dealkylation sites (tertiary alicyclic amines) is 1. The van der Waals surface area contributed by atoms with E-state index in [2.05, 4.69) is 26.8 Å². The van der Waals surface area contributed by atoms with E-state index in [1.807, 2.05) is 28.8 Å². The molecule has 0 saturated carbocycles. The quantitative estimate of drug-likeness (QED) is 0.418. The van der Waals surface area contributed by atoms with Crippen molar-refractivity contribution >= 4 is 34.5 Å². The number of imidazole rings is 1. The Hall–Kier alpha value is -3.66. The van der Waals surface area contributed by atoms with Crippen LogP contribution >= 0.6 is 0 Å². The smallest absolute Gasteiger partial charge is 0.246 e. The molecule has 0 radical (unpaired) electrons. The summed E-state index contributed by atoms with van der Waals surface area (Å²) < 4.78 is 12.5. The highest BCUT2D eigenvalue weighted by atomic mass is 16.5. The van der Waals surface area contributed by atoms with Crippen LogP contribution in [-0.2, 0) is 9.53 Å². The topological polar surface area (TPSA) is 120 Å². The third-order valence-electron chi connectivity index (χ3n) is 5.16. The highest BCUT2D eigenvalue weighted by Crippen LogP contribution is 2.28. The number of carbonyl (C=O) groups is 1. The van der Waals surface area contributed by atoms with Gasteiger partial charge >= 0.3 is 0 Å². The molecule has 1 atom stereocenters. The first kappa shape index (κ1) is 20.6. The normalized spacial score (nSPS) is 15.9. The van der Waals surface area contributed by atoms with Crippen LogP contribution in [0.25, 0.3) is 11.2 Å². The maximum atomic E-state index is 11.9. The van der Waals surface area contributed by atoms with E-state index >= 15 is 0 Å². The summed E-state index contributed by atoms with van der Waals surface area (Å²) in [6, 6.07) is 7.53. The second kappa shape index (κ2) is 9.00. The number of rotatable bonds is 8. The van der Waals surface area contributed by atoms with Gasteiger partial charge in [-0.3, -0.25) is 4.79 Å². The number of hydrogen-bond acceptors (Lipinski definition) is 8. The van der Waals surface area contributed by atoms with Gasteiger partial charge in [-0.15, -0.1) is 0 Å². The van der Waals surface area contributed by atoms with Gasteiger partial charge in [-0.2, -0.15) is 9.97 Å². The zero-order chi connectivity index (χ0) is 21.8. The summed E-state index contributed by atoms with van der Waals surface area (Å²) in [4.78, 5) is 27.0. The lowest BCUT2D eigenvalue weighted by molar-refractivity contribution is -0.125. The fourth-order valence-electron chi connectivity index (χ4n) is 3.57. The number of amides is 1. The molecule has 162 valence electrons. The Bertz CT molecular complexity index is 1080. The number of benzene rings is 1. The van der Waals surface area contributed by atoms with Gasteiger partial charge in [0.25, 0.3) is 0 Å². The number of ether oxygens (including phenoxy) is 2. The molecule has 3 N–H and O–H groups in total. The number of nitrogens with two attached hydrogens (primary N) is 1. The molecule has 0 bridgehead atoms. The van der Waals surface area contributed by atoms with E-state index in [0.717, 1.165) is 17.9 Å². The Morgan fingerprint density at radius 3 is 2.87 bits per heavy atom. The van der Waals surface area contributed by atoms with E-state index in [1.54, 1.807) is 18.3 Å². The minimum absolute atomic E-state index is 0.0691. The monoisotopic (exact) mass is 423 g/mol. The number of fused-ring (bicyclic) bond motifs is 1. The third kappa shape index (κ3) is 4.43. The molecule has 0 aliphatic carbocycles. The van der Waals surface area contributed by atoms with Crippen molar-refractivity contribution in [3.63, 3.8) is 0 Å². The van der Waals surface area contributed by atoms with Gasteiger partial charge < -0.3 is 30.0 Å². The van der Waals surface area contributed by atoms with Crippen LogP contribution in [0.5, 0.6) is 5.75 Å². The van der Waals surface area contributed by atoms with Gasteiger partial charge in [-0.05, 0) is 36.8 Å². The molecule has 1 saturated heterocycles. The molecule has 1 aliphatic heterocycles. The van der Waals surface area contributed by atoms with Gasteiger partial charge in [0.15, 0.2) is 11.5 Å². The first-order valence-electron chi connectivity index (χ1n) is 9.99. The molecule has 1 amide bonds. The molecule has 1 aliphatic rings. The SMILES string of the molecule is C=CC(=O)N1CCC(n2cnc3c(N)nc(Nc4ccc(OCCOC)cc4)nc32)C1. The summed E-state index contributed by atoms with van der Waals surface area (Å²) in [7, 11) is 1.63. The van der Waals surface area contributed by atoms with Crippen molar-refractivity contribution in [3.05, 3.63) is 43.2 Å². The van der Waals surface area contributed by atoms with E-state index in [9.17, 15) is 4.79 Å². The molecule has 1 unspecified atom stereocenters. The molecule has 10 heteroatoms. The summed E-state index contributed by atoms with van der Waals surface area (Å²) in [6.07, 6.45) is 3.85. The minimum Gasteiger partial charge on any atom is -0.491 e. The van der Waals surface area contributed by atoms with Gasteiger partial charge in [0.2, 0.25) is 11.9 Å². The molecular formula is C21H25N7O3. The summed E-state index contributed by atoms with van der Waals surface area (Å²) in [6.45, 7) is 5.82. The lowest BCUT2D eigenvalue weighted by Crippen LogP contribution is -2.27. The van der Waals surface area contributed by atoms with E-state index in [-0.39, 0.29) is 11.9 Å². The number of methoxy groups -OCH3 is 1. The van der Waals surface area contributed by atoms with Crippen molar-refractivity contribution in [3.8, 4) is 5.75 Å². The van der Waals surface area contributed by atoms with Crippen LogP contribution < -0.4 is 15.8 Å². The van der Waals surface area contributed by atoms with Crippen molar-refractivity contribution in [1.82, 2.24) is 24.4 Å². The number of aromatic nitrogens is 4. The number of carbonyl (C=O) groups excluding carboxylic acids is 1. The molecule has 3 aromatic rings. The van der Waals surface area contributed by atoms with Crippen molar-refractivity contribution in [2.45, 2.75) is 12.5 Å². The number of nitrogen functional groups attached to an aromatic ring is 1. The van der Waals surface area contributed by atoms with E-state index in [4.69, 9.17) is 15.2 Å².